The molecule has 140 valence electrons. The predicted octanol–water partition coefficient (Wildman–Crippen LogP) is 2.13. The number of ether oxygens (including phenoxy) is 1. The molecule has 2 saturated heterocycles. The quantitative estimate of drug-likeness (QED) is 0.464. The summed E-state index contributed by atoms with van der Waals surface area (Å²) in [5.74, 6) is 3.00. The van der Waals surface area contributed by atoms with Gasteiger partial charge in [0.1, 0.15) is 0 Å². The average molecular weight is 357 g/mol. The molecule has 0 amide bonds. The molecule has 2 aliphatic rings. The molecule has 2 heterocycles. The van der Waals surface area contributed by atoms with Gasteiger partial charge in [-0.3, -0.25) is 9.89 Å². The second kappa shape index (κ2) is 9.88. The first-order valence-electron chi connectivity index (χ1n) is 9.44. The van der Waals surface area contributed by atoms with Gasteiger partial charge < -0.3 is 15.0 Å². The zero-order chi connectivity index (χ0) is 17.5. The van der Waals surface area contributed by atoms with Gasteiger partial charge in [0.2, 0.25) is 0 Å². The van der Waals surface area contributed by atoms with Crippen molar-refractivity contribution < 1.29 is 4.74 Å². The highest BCUT2D eigenvalue weighted by Gasteiger charge is 2.25. The van der Waals surface area contributed by atoms with E-state index in [1.54, 1.807) is 0 Å². The van der Waals surface area contributed by atoms with E-state index in [1.165, 1.54) is 5.75 Å². The number of morpholine rings is 1. The van der Waals surface area contributed by atoms with Gasteiger partial charge in [-0.05, 0) is 26.2 Å². The second-order valence-electron chi connectivity index (χ2n) is 7.44. The Morgan fingerprint density at radius 1 is 1.25 bits per heavy atom. The van der Waals surface area contributed by atoms with Gasteiger partial charge in [-0.15, -0.1) is 0 Å². The molecule has 2 fully saturated rings. The summed E-state index contributed by atoms with van der Waals surface area (Å²) in [6, 6.07) is 0. The highest BCUT2D eigenvalue weighted by molar-refractivity contribution is 8.00. The molecule has 2 aliphatic heterocycles. The Morgan fingerprint density at radius 3 is 2.58 bits per heavy atom. The zero-order valence-corrected chi connectivity index (χ0v) is 16.9. The molecular weight excluding hydrogens is 320 g/mol. The van der Waals surface area contributed by atoms with E-state index in [0.717, 1.165) is 57.6 Å². The largest absolute Gasteiger partial charge is 0.373 e. The van der Waals surface area contributed by atoms with Crippen molar-refractivity contribution in [1.29, 1.82) is 0 Å². The van der Waals surface area contributed by atoms with Crippen molar-refractivity contribution in [3.8, 4) is 0 Å². The number of guanidine groups is 1. The number of aliphatic imine (C=N–C) groups is 1. The summed E-state index contributed by atoms with van der Waals surface area (Å²) in [6.07, 6.45) is 1.86. The van der Waals surface area contributed by atoms with Gasteiger partial charge in [-0.25, -0.2) is 0 Å². The van der Waals surface area contributed by atoms with Crippen LogP contribution in [0.15, 0.2) is 4.99 Å². The number of rotatable bonds is 5. The first kappa shape index (κ1) is 19.9. The van der Waals surface area contributed by atoms with Gasteiger partial charge in [-0.1, -0.05) is 13.8 Å². The van der Waals surface area contributed by atoms with Crippen molar-refractivity contribution in [3.05, 3.63) is 0 Å². The summed E-state index contributed by atoms with van der Waals surface area (Å²) in [7, 11) is 1.90. The molecule has 3 unspecified atom stereocenters. The van der Waals surface area contributed by atoms with Crippen molar-refractivity contribution in [2.75, 3.05) is 52.1 Å². The first-order chi connectivity index (χ1) is 11.5. The molecule has 2 rings (SSSR count). The molecular formula is C18H36N4OS. The highest BCUT2D eigenvalue weighted by Crippen LogP contribution is 2.24. The fourth-order valence-electron chi connectivity index (χ4n) is 3.57. The summed E-state index contributed by atoms with van der Waals surface area (Å²) in [4.78, 5) is 9.46. The predicted molar refractivity (Wildman–Crippen MR) is 105 cm³/mol. The number of nitrogens with one attached hydrogen (secondary N) is 1. The molecule has 0 saturated carbocycles. The van der Waals surface area contributed by atoms with Crippen LogP contribution >= 0.6 is 11.8 Å². The lowest BCUT2D eigenvalue weighted by Crippen LogP contribution is -2.49. The summed E-state index contributed by atoms with van der Waals surface area (Å²) >= 11 is 2.11. The van der Waals surface area contributed by atoms with Crippen LogP contribution in [-0.2, 0) is 4.74 Å². The Bertz CT molecular complexity index is 394. The molecule has 0 aromatic rings. The van der Waals surface area contributed by atoms with Crippen LogP contribution in [0.5, 0.6) is 0 Å². The molecule has 6 heteroatoms. The van der Waals surface area contributed by atoms with E-state index in [4.69, 9.17) is 4.74 Å². The van der Waals surface area contributed by atoms with Crippen LogP contribution in [0.4, 0.5) is 0 Å². The van der Waals surface area contributed by atoms with Gasteiger partial charge >= 0.3 is 0 Å². The lowest BCUT2D eigenvalue weighted by molar-refractivity contribution is -0.0679. The van der Waals surface area contributed by atoms with E-state index in [2.05, 4.69) is 59.6 Å². The van der Waals surface area contributed by atoms with Crippen LogP contribution in [0.1, 0.15) is 34.1 Å². The normalized spacial score (nSPS) is 30.0. The van der Waals surface area contributed by atoms with E-state index in [9.17, 15) is 0 Å². The average Bonchev–Trinajstić information content (AvgIpc) is 2.54. The molecule has 3 atom stereocenters. The summed E-state index contributed by atoms with van der Waals surface area (Å²) in [5, 5.41) is 4.29. The number of hydrogen-bond donors (Lipinski definition) is 1. The van der Waals surface area contributed by atoms with E-state index in [-0.39, 0.29) is 0 Å². The molecule has 0 radical (unpaired) electrons. The fourth-order valence-corrected chi connectivity index (χ4v) is 4.87. The van der Waals surface area contributed by atoms with Crippen LogP contribution in [0.2, 0.25) is 0 Å². The summed E-state index contributed by atoms with van der Waals surface area (Å²) < 4.78 is 5.80. The van der Waals surface area contributed by atoms with Crippen LogP contribution in [-0.4, -0.2) is 85.3 Å². The molecule has 0 bridgehead atoms. The minimum atomic E-state index is 0.355. The summed E-state index contributed by atoms with van der Waals surface area (Å²) in [5.41, 5.74) is 0. The van der Waals surface area contributed by atoms with E-state index in [1.807, 2.05) is 7.05 Å². The molecule has 24 heavy (non-hydrogen) atoms. The van der Waals surface area contributed by atoms with Gasteiger partial charge in [0.25, 0.3) is 0 Å². The van der Waals surface area contributed by atoms with Crippen molar-refractivity contribution in [1.82, 2.24) is 15.1 Å². The van der Waals surface area contributed by atoms with Crippen molar-refractivity contribution in [2.24, 2.45) is 10.9 Å². The first-order valence-corrected chi connectivity index (χ1v) is 10.5. The molecule has 0 spiro atoms. The zero-order valence-electron chi connectivity index (χ0n) is 16.1. The Labute approximate surface area is 152 Å². The topological polar surface area (TPSA) is 40.1 Å². The molecule has 1 N–H and O–H groups in total. The molecule has 0 aliphatic carbocycles. The van der Waals surface area contributed by atoms with Crippen LogP contribution in [0.3, 0.4) is 0 Å². The SMILES string of the molecule is CN=C(NCCCN1CC(C)OC(C)C1)N1CCSC(C(C)C)C1. The van der Waals surface area contributed by atoms with E-state index in [0.29, 0.717) is 17.5 Å². The number of hydrogen-bond acceptors (Lipinski definition) is 4. The highest BCUT2D eigenvalue weighted by atomic mass is 32.2. The van der Waals surface area contributed by atoms with Crippen LogP contribution < -0.4 is 5.32 Å². The van der Waals surface area contributed by atoms with Crippen LogP contribution in [0, 0.1) is 5.92 Å². The van der Waals surface area contributed by atoms with Crippen molar-refractivity contribution in [3.63, 3.8) is 0 Å². The van der Waals surface area contributed by atoms with Gasteiger partial charge in [0, 0.05) is 57.3 Å². The fraction of sp³-hybridized carbons (Fsp3) is 0.944. The second-order valence-corrected chi connectivity index (χ2v) is 8.79. The maximum absolute atomic E-state index is 5.80. The van der Waals surface area contributed by atoms with Crippen molar-refractivity contribution >= 4 is 17.7 Å². The Balaban J connectivity index is 1.70. The van der Waals surface area contributed by atoms with Crippen LogP contribution in [0.25, 0.3) is 0 Å². The third-order valence-electron chi connectivity index (χ3n) is 4.78. The van der Waals surface area contributed by atoms with E-state index >= 15 is 0 Å². The Morgan fingerprint density at radius 2 is 1.96 bits per heavy atom. The lowest BCUT2D eigenvalue weighted by Gasteiger charge is -2.37. The van der Waals surface area contributed by atoms with E-state index < -0.39 is 0 Å². The standard InChI is InChI=1S/C18H36N4OS/c1-14(2)17-13-22(9-10-24-17)18(19-5)20-7-6-8-21-11-15(3)23-16(4)12-21/h14-17H,6-13H2,1-5H3,(H,19,20). The van der Waals surface area contributed by atoms with Gasteiger partial charge in [-0.2, -0.15) is 11.8 Å². The smallest absolute Gasteiger partial charge is 0.193 e. The van der Waals surface area contributed by atoms with Gasteiger partial charge in [0.05, 0.1) is 12.2 Å². The Kier molecular flexibility index (Phi) is 8.17. The third-order valence-corrected chi connectivity index (χ3v) is 6.32. The Hall–Kier alpha value is -0.460. The number of nitrogens with zero attached hydrogens (tertiary/aromatic N) is 3. The molecule has 0 aromatic carbocycles. The number of thioether (sulfide) groups is 1. The molecule has 0 aromatic heterocycles. The van der Waals surface area contributed by atoms with Crippen molar-refractivity contribution in [2.45, 2.75) is 51.6 Å². The molecule has 5 nitrogen and oxygen atoms in total. The lowest BCUT2D eigenvalue weighted by atomic mass is 10.1. The monoisotopic (exact) mass is 356 g/mol. The summed E-state index contributed by atoms with van der Waals surface area (Å²) in [6.45, 7) is 15.4. The third kappa shape index (κ3) is 6.12. The minimum Gasteiger partial charge on any atom is -0.373 e. The maximum Gasteiger partial charge on any atom is 0.193 e. The van der Waals surface area contributed by atoms with Gasteiger partial charge in [0.15, 0.2) is 5.96 Å². The maximum atomic E-state index is 5.80. The minimum absolute atomic E-state index is 0.355.